The van der Waals surface area contributed by atoms with Crippen molar-refractivity contribution in [2.24, 2.45) is 5.92 Å². The fraction of sp³-hybridized carbons (Fsp3) is 0.800. The molecule has 0 radical (unpaired) electrons. The van der Waals surface area contributed by atoms with Gasteiger partial charge in [0.05, 0.1) is 0 Å². The fourth-order valence-electron chi connectivity index (χ4n) is 2.93. The Bertz CT molecular complexity index is 291. The summed E-state index contributed by atoms with van der Waals surface area (Å²) in [4.78, 5) is 12.0. The van der Waals surface area contributed by atoms with Gasteiger partial charge >= 0.3 is 0 Å². The van der Waals surface area contributed by atoms with Gasteiger partial charge in [0.15, 0.2) is 0 Å². The van der Waals surface area contributed by atoms with Crippen molar-refractivity contribution in [3.8, 4) is 0 Å². The van der Waals surface area contributed by atoms with Crippen molar-refractivity contribution < 1.29 is 4.79 Å². The van der Waals surface area contributed by atoms with E-state index in [2.05, 4.69) is 16.7 Å². The quantitative estimate of drug-likeness (QED) is 0.594. The predicted octanol–water partition coefficient (Wildman–Crippen LogP) is 2.38. The molecule has 0 aromatic carbocycles. The minimum atomic E-state index is 0.287. The van der Waals surface area contributed by atoms with Crippen molar-refractivity contribution in [3.63, 3.8) is 0 Å². The average molecular weight is 250 g/mol. The van der Waals surface area contributed by atoms with Crippen molar-refractivity contribution >= 4 is 5.91 Å². The number of carbonyl (C=O) groups is 1. The highest BCUT2D eigenvalue weighted by Crippen LogP contribution is 2.22. The smallest absolute Gasteiger partial charge is 0.223 e. The highest BCUT2D eigenvalue weighted by molar-refractivity contribution is 5.78. The van der Waals surface area contributed by atoms with E-state index in [-0.39, 0.29) is 5.92 Å². The number of carbonyl (C=O) groups excluding carboxylic acids is 1. The van der Waals surface area contributed by atoms with Crippen LogP contribution in [0.4, 0.5) is 0 Å². The number of nitrogens with one attached hydrogen (secondary N) is 2. The van der Waals surface area contributed by atoms with Gasteiger partial charge in [0.25, 0.3) is 0 Å². The second-order valence-electron chi connectivity index (χ2n) is 5.55. The minimum absolute atomic E-state index is 0.287. The number of hydrogen-bond donors (Lipinski definition) is 2. The van der Waals surface area contributed by atoms with Crippen LogP contribution in [0.25, 0.3) is 0 Å². The molecular formula is C15H26N2O. The molecule has 0 unspecified atom stereocenters. The van der Waals surface area contributed by atoms with Gasteiger partial charge < -0.3 is 10.6 Å². The molecule has 102 valence electrons. The number of hydrogen-bond acceptors (Lipinski definition) is 2. The van der Waals surface area contributed by atoms with Crippen molar-refractivity contribution in [3.05, 3.63) is 11.6 Å². The van der Waals surface area contributed by atoms with E-state index in [9.17, 15) is 4.79 Å². The van der Waals surface area contributed by atoms with Crippen LogP contribution in [-0.4, -0.2) is 25.5 Å². The lowest BCUT2D eigenvalue weighted by molar-refractivity contribution is -0.125. The second-order valence-corrected chi connectivity index (χ2v) is 5.55. The Kier molecular flexibility index (Phi) is 5.72. The van der Waals surface area contributed by atoms with Crippen molar-refractivity contribution in [2.45, 2.75) is 51.4 Å². The summed E-state index contributed by atoms with van der Waals surface area (Å²) in [6.45, 7) is 2.90. The minimum Gasteiger partial charge on any atom is -0.356 e. The third kappa shape index (κ3) is 4.45. The van der Waals surface area contributed by atoms with E-state index in [4.69, 9.17) is 0 Å². The summed E-state index contributed by atoms with van der Waals surface area (Å²) in [6, 6.07) is 0. The van der Waals surface area contributed by atoms with Crippen molar-refractivity contribution in [1.82, 2.24) is 10.6 Å². The highest BCUT2D eigenvalue weighted by atomic mass is 16.1. The Balaban J connectivity index is 1.65. The van der Waals surface area contributed by atoms with Crippen LogP contribution in [0.1, 0.15) is 51.4 Å². The van der Waals surface area contributed by atoms with E-state index in [1.165, 1.54) is 31.3 Å². The Labute approximate surface area is 110 Å². The van der Waals surface area contributed by atoms with Crippen LogP contribution in [0, 0.1) is 5.92 Å². The van der Waals surface area contributed by atoms with E-state index < -0.39 is 0 Å². The summed E-state index contributed by atoms with van der Waals surface area (Å²) < 4.78 is 0. The fourth-order valence-corrected chi connectivity index (χ4v) is 2.93. The molecule has 3 heteroatoms. The number of rotatable bonds is 4. The molecule has 1 amide bonds. The van der Waals surface area contributed by atoms with Crippen molar-refractivity contribution in [1.29, 1.82) is 0 Å². The molecule has 0 saturated heterocycles. The topological polar surface area (TPSA) is 41.1 Å². The lowest BCUT2D eigenvalue weighted by Gasteiger charge is -2.16. The zero-order chi connectivity index (χ0) is 12.6. The van der Waals surface area contributed by atoms with Crippen LogP contribution in [-0.2, 0) is 4.79 Å². The molecule has 0 atom stereocenters. The second kappa shape index (κ2) is 7.57. The first kappa shape index (κ1) is 13.6. The van der Waals surface area contributed by atoms with Crippen LogP contribution >= 0.6 is 0 Å². The molecular weight excluding hydrogens is 224 g/mol. The van der Waals surface area contributed by atoms with Gasteiger partial charge in [-0.2, -0.15) is 0 Å². The van der Waals surface area contributed by atoms with Crippen LogP contribution in [0.2, 0.25) is 0 Å². The molecule has 1 saturated carbocycles. The Morgan fingerprint density at radius 3 is 2.72 bits per heavy atom. The first-order valence-electron chi connectivity index (χ1n) is 7.52. The van der Waals surface area contributed by atoms with E-state index in [0.717, 1.165) is 45.3 Å². The summed E-state index contributed by atoms with van der Waals surface area (Å²) in [6.07, 6.45) is 11.7. The maximum absolute atomic E-state index is 12.0. The first-order chi connectivity index (χ1) is 8.86. The third-order valence-electron chi connectivity index (χ3n) is 4.13. The Morgan fingerprint density at radius 2 is 2.06 bits per heavy atom. The van der Waals surface area contributed by atoms with E-state index in [0.29, 0.717) is 5.91 Å². The number of amides is 1. The van der Waals surface area contributed by atoms with Gasteiger partial charge in [-0.05, 0) is 32.2 Å². The molecule has 0 aromatic rings. The lowest BCUT2D eigenvalue weighted by atomic mass is 9.99. The van der Waals surface area contributed by atoms with E-state index >= 15 is 0 Å². The molecule has 1 aliphatic carbocycles. The van der Waals surface area contributed by atoms with E-state index in [1.54, 1.807) is 0 Å². The highest BCUT2D eigenvalue weighted by Gasteiger charge is 2.19. The zero-order valence-corrected chi connectivity index (χ0v) is 11.3. The summed E-state index contributed by atoms with van der Waals surface area (Å²) in [5.74, 6) is 0.584. The normalized spacial score (nSPS) is 22.1. The maximum atomic E-state index is 12.0. The van der Waals surface area contributed by atoms with Crippen LogP contribution in [0.15, 0.2) is 11.6 Å². The summed E-state index contributed by atoms with van der Waals surface area (Å²) in [5.41, 5.74) is 1.50. The Morgan fingerprint density at radius 1 is 1.28 bits per heavy atom. The van der Waals surface area contributed by atoms with Crippen LogP contribution < -0.4 is 10.6 Å². The van der Waals surface area contributed by atoms with Gasteiger partial charge in [-0.25, -0.2) is 0 Å². The van der Waals surface area contributed by atoms with Gasteiger partial charge in [-0.15, -0.1) is 0 Å². The molecule has 1 fully saturated rings. The Hall–Kier alpha value is -0.830. The predicted molar refractivity (Wildman–Crippen MR) is 74.4 cm³/mol. The molecule has 2 aliphatic rings. The van der Waals surface area contributed by atoms with Gasteiger partial charge in [0.1, 0.15) is 0 Å². The van der Waals surface area contributed by atoms with Gasteiger partial charge in [-0.1, -0.05) is 37.3 Å². The standard InChI is InChI=1S/C15H26N2O/c18-15(14-5-3-1-2-4-6-14)17-12-9-13-7-10-16-11-8-13/h7,14,16H,1-6,8-12H2,(H,17,18). The first-order valence-corrected chi connectivity index (χ1v) is 7.52. The van der Waals surface area contributed by atoms with Crippen LogP contribution in [0.5, 0.6) is 0 Å². The molecule has 2 N–H and O–H groups in total. The van der Waals surface area contributed by atoms with Gasteiger partial charge in [0.2, 0.25) is 5.91 Å². The maximum Gasteiger partial charge on any atom is 0.223 e. The molecule has 0 spiro atoms. The van der Waals surface area contributed by atoms with Gasteiger partial charge in [-0.3, -0.25) is 4.79 Å². The molecule has 1 aliphatic heterocycles. The lowest BCUT2D eigenvalue weighted by Crippen LogP contribution is -2.32. The third-order valence-corrected chi connectivity index (χ3v) is 4.13. The molecule has 0 bridgehead atoms. The summed E-state index contributed by atoms with van der Waals surface area (Å²) >= 11 is 0. The summed E-state index contributed by atoms with van der Waals surface area (Å²) in [5, 5.41) is 6.44. The molecule has 3 nitrogen and oxygen atoms in total. The van der Waals surface area contributed by atoms with Gasteiger partial charge in [0, 0.05) is 19.0 Å². The molecule has 2 rings (SSSR count). The molecule has 1 heterocycles. The zero-order valence-electron chi connectivity index (χ0n) is 11.3. The molecule has 18 heavy (non-hydrogen) atoms. The van der Waals surface area contributed by atoms with Crippen LogP contribution in [0.3, 0.4) is 0 Å². The largest absolute Gasteiger partial charge is 0.356 e. The van der Waals surface area contributed by atoms with E-state index in [1.807, 2.05) is 0 Å². The molecule has 0 aromatic heterocycles. The summed E-state index contributed by atoms with van der Waals surface area (Å²) in [7, 11) is 0. The average Bonchev–Trinajstić information content (AvgIpc) is 2.69. The monoisotopic (exact) mass is 250 g/mol. The SMILES string of the molecule is O=C(NCCC1=CCNCC1)C1CCCCCC1. The van der Waals surface area contributed by atoms with Crippen molar-refractivity contribution in [2.75, 3.05) is 19.6 Å².